The van der Waals surface area contributed by atoms with Gasteiger partial charge in [0.15, 0.2) is 0 Å². The van der Waals surface area contributed by atoms with Crippen molar-refractivity contribution in [2.24, 2.45) is 0 Å². The van der Waals surface area contributed by atoms with Crippen molar-refractivity contribution in [3.05, 3.63) is 29.8 Å². The minimum atomic E-state index is -0.323. The summed E-state index contributed by atoms with van der Waals surface area (Å²) in [6.45, 7) is 4.86. The van der Waals surface area contributed by atoms with Gasteiger partial charge in [0.2, 0.25) is 0 Å². The molecule has 1 aromatic carbocycles. The number of esters is 1. The molecule has 110 valence electrons. The van der Waals surface area contributed by atoms with Crippen molar-refractivity contribution in [1.82, 2.24) is 4.90 Å². The molecular weight excluding hydrogens is 254 g/mol. The lowest BCUT2D eigenvalue weighted by molar-refractivity contribution is 0.0475. The fourth-order valence-electron chi connectivity index (χ4n) is 2.60. The molecule has 1 atom stereocenters. The zero-order valence-corrected chi connectivity index (χ0v) is 12.0. The van der Waals surface area contributed by atoms with Gasteiger partial charge < -0.3 is 14.7 Å². The summed E-state index contributed by atoms with van der Waals surface area (Å²) in [6, 6.07) is 6.78. The molecule has 2 rings (SSSR count). The predicted octanol–water partition coefficient (Wildman–Crippen LogP) is 2.81. The molecule has 1 N–H and O–H groups in total. The van der Waals surface area contributed by atoms with E-state index in [-0.39, 0.29) is 11.7 Å². The highest BCUT2D eigenvalue weighted by Gasteiger charge is 2.17. The Morgan fingerprint density at radius 2 is 2.10 bits per heavy atom. The Kier molecular flexibility index (Phi) is 5.41. The molecule has 4 heteroatoms. The van der Waals surface area contributed by atoms with Gasteiger partial charge in [-0.2, -0.15) is 0 Å². The van der Waals surface area contributed by atoms with Gasteiger partial charge in [0.05, 0.1) is 12.2 Å². The third-order valence-corrected chi connectivity index (χ3v) is 3.87. The van der Waals surface area contributed by atoms with Crippen LogP contribution < -0.4 is 0 Å². The first-order valence-electron chi connectivity index (χ1n) is 7.37. The summed E-state index contributed by atoms with van der Waals surface area (Å²) in [6.07, 6.45) is 4.74. The number of phenolic OH excluding ortho intramolecular Hbond substituents is 1. The van der Waals surface area contributed by atoms with Crippen molar-refractivity contribution in [2.75, 3.05) is 19.7 Å². The van der Waals surface area contributed by atoms with E-state index >= 15 is 0 Å². The second kappa shape index (κ2) is 7.29. The average Bonchev–Trinajstić information content (AvgIpc) is 2.46. The number of ether oxygens (including phenoxy) is 1. The highest BCUT2D eigenvalue weighted by atomic mass is 16.5. The van der Waals surface area contributed by atoms with Crippen LogP contribution in [-0.2, 0) is 4.74 Å². The number of piperidine rings is 1. The number of carbonyl (C=O) groups excluding carboxylic acids is 1. The van der Waals surface area contributed by atoms with E-state index in [1.165, 1.54) is 31.4 Å². The molecule has 1 heterocycles. The molecule has 4 nitrogen and oxygen atoms in total. The minimum absolute atomic E-state index is 0.153. The summed E-state index contributed by atoms with van der Waals surface area (Å²) in [7, 11) is 0. The monoisotopic (exact) mass is 277 g/mol. The third-order valence-electron chi connectivity index (χ3n) is 3.87. The molecule has 0 spiro atoms. The molecule has 1 saturated heterocycles. The van der Waals surface area contributed by atoms with Crippen LogP contribution in [0.25, 0.3) is 0 Å². The van der Waals surface area contributed by atoms with E-state index in [4.69, 9.17) is 9.84 Å². The van der Waals surface area contributed by atoms with Crippen LogP contribution in [0.3, 0.4) is 0 Å². The molecule has 0 aromatic heterocycles. The van der Waals surface area contributed by atoms with Crippen LogP contribution in [0.2, 0.25) is 0 Å². The second-order valence-corrected chi connectivity index (χ2v) is 5.42. The van der Waals surface area contributed by atoms with Crippen LogP contribution in [-0.4, -0.2) is 41.7 Å². The Balaban J connectivity index is 1.67. The maximum atomic E-state index is 11.8. The highest BCUT2D eigenvalue weighted by molar-refractivity contribution is 5.89. The molecule has 1 fully saturated rings. The number of aromatic hydroxyl groups is 1. The summed E-state index contributed by atoms with van der Waals surface area (Å²) < 4.78 is 5.25. The van der Waals surface area contributed by atoms with Crippen LogP contribution in [0.1, 0.15) is 43.0 Å². The lowest BCUT2D eigenvalue weighted by atomic mass is 10.0. The molecule has 0 bridgehead atoms. The summed E-state index contributed by atoms with van der Waals surface area (Å²) in [5, 5.41) is 9.16. The summed E-state index contributed by atoms with van der Waals surface area (Å²) in [5.41, 5.74) is 0.481. The van der Waals surface area contributed by atoms with Gasteiger partial charge in [-0.15, -0.1) is 0 Å². The maximum absolute atomic E-state index is 11.8. The smallest absolute Gasteiger partial charge is 0.338 e. The first kappa shape index (κ1) is 14.9. The van der Waals surface area contributed by atoms with Crippen molar-refractivity contribution in [1.29, 1.82) is 0 Å². The third kappa shape index (κ3) is 4.23. The number of benzene rings is 1. The van der Waals surface area contributed by atoms with Crippen molar-refractivity contribution >= 4 is 5.97 Å². The van der Waals surface area contributed by atoms with E-state index in [9.17, 15) is 4.79 Å². The summed E-state index contributed by atoms with van der Waals surface area (Å²) >= 11 is 0. The molecule has 1 unspecified atom stereocenters. The number of hydrogen-bond donors (Lipinski definition) is 1. The molecule has 0 saturated carbocycles. The normalized spacial score (nSPS) is 19.8. The first-order chi connectivity index (χ1) is 9.66. The Morgan fingerprint density at radius 3 is 2.80 bits per heavy atom. The van der Waals surface area contributed by atoms with E-state index in [1.807, 2.05) is 0 Å². The lowest BCUT2D eigenvalue weighted by Gasteiger charge is -2.33. The van der Waals surface area contributed by atoms with Gasteiger partial charge >= 0.3 is 5.97 Å². The molecule has 1 aliphatic rings. The molecule has 0 amide bonds. The zero-order chi connectivity index (χ0) is 14.4. The molecule has 0 aliphatic carbocycles. The van der Waals surface area contributed by atoms with Crippen LogP contribution in [0.5, 0.6) is 5.75 Å². The molecule has 1 aliphatic heterocycles. The number of nitrogens with zero attached hydrogens (tertiary/aromatic N) is 1. The maximum Gasteiger partial charge on any atom is 0.338 e. The average molecular weight is 277 g/mol. The van der Waals surface area contributed by atoms with Crippen molar-refractivity contribution in [3.8, 4) is 5.75 Å². The number of likely N-dealkylation sites (tertiary alicyclic amines) is 1. The fourth-order valence-corrected chi connectivity index (χ4v) is 2.60. The fraction of sp³-hybridized carbons (Fsp3) is 0.562. The molecule has 20 heavy (non-hydrogen) atoms. The molecular formula is C16H23NO3. The standard InChI is InChI=1S/C16H23NO3/c1-13-5-2-3-10-17(13)11-4-12-20-16(19)14-6-8-15(18)9-7-14/h6-9,13,18H,2-5,10-12H2,1H3. The Morgan fingerprint density at radius 1 is 1.35 bits per heavy atom. The number of rotatable bonds is 5. The summed E-state index contributed by atoms with van der Waals surface area (Å²) in [4.78, 5) is 14.2. The number of carbonyl (C=O) groups is 1. The van der Waals surface area contributed by atoms with E-state index < -0.39 is 0 Å². The van der Waals surface area contributed by atoms with Crippen molar-refractivity contribution < 1.29 is 14.6 Å². The van der Waals surface area contributed by atoms with Crippen molar-refractivity contribution in [3.63, 3.8) is 0 Å². The van der Waals surface area contributed by atoms with Crippen molar-refractivity contribution in [2.45, 2.75) is 38.6 Å². The van der Waals surface area contributed by atoms with Crippen LogP contribution >= 0.6 is 0 Å². The number of phenols is 1. The van der Waals surface area contributed by atoms with Gasteiger partial charge in [-0.05, 0) is 57.0 Å². The van der Waals surface area contributed by atoms with Gasteiger partial charge in [0, 0.05) is 12.6 Å². The SMILES string of the molecule is CC1CCCCN1CCCOC(=O)c1ccc(O)cc1. The topological polar surface area (TPSA) is 49.8 Å². The van der Waals surface area contributed by atoms with Crippen LogP contribution in [0, 0.1) is 0 Å². The first-order valence-corrected chi connectivity index (χ1v) is 7.37. The van der Waals surface area contributed by atoms with E-state index in [2.05, 4.69) is 11.8 Å². The van der Waals surface area contributed by atoms with E-state index in [0.717, 1.165) is 19.5 Å². The van der Waals surface area contributed by atoms with Crippen LogP contribution in [0.15, 0.2) is 24.3 Å². The van der Waals surface area contributed by atoms with Gasteiger partial charge in [0.1, 0.15) is 5.75 Å². The highest BCUT2D eigenvalue weighted by Crippen LogP contribution is 2.16. The lowest BCUT2D eigenvalue weighted by Crippen LogP contribution is -2.38. The van der Waals surface area contributed by atoms with Crippen LogP contribution in [0.4, 0.5) is 0 Å². The molecule has 1 aromatic rings. The number of hydrogen-bond acceptors (Lipinski definition) is 4. The van der Waals surface area contributed by atoms with Gasteiger partial charge in [-0.25, -0.2) is 4.79 Å². The zero-order valence-electron chi connectivity index (χ0n) is 12.0. The Bertz CT molecular complexity index is 430. The Hall–Kier alpha value is -1.55. The Labute approximate surface area is 120 Å². The second-order valence-electron chi connectivity index (χ2n) is 5.42. The van der Waals surface area contributed by atoms with E-state index in [0.29, 0.717) is 18.2 Å². The summed E-state index contributed by atoms with van der Waals surface area (Å²) in [5.74, 6) is -0.169. The van der Waals surface area contributed by atoms with Gasteiger partial charge in [-0.3, -0.25) is 0 Å². The predicted molar refractivity (Wildman–Crippen MR) is 77.9 cm³/mol. The van der Waals surface area contributed by atoms with Gasteiger partial charge in [0.25, 0.3) is 0 Å². The molecule has 0 radical (unpaired) electrons. The van der Waals surface area contributed by atoms with E-state index in [1.54, 1.807) is 12.1 Å². The minimum Gasteiger partial charge on any atom is -0.508 e. The van der Waals surface area contributed by atoms with Gasteiger partial charge in [-0.1, -0.05) is 6.42 Å². The largest absolute Gasteiger partial charge is 0.508 e. The quantitative estimate of drug-likeness (QED) is 0.664.